The third-order valence-electron chi connectivity index (χ3n) is 4.14. The van der Waals surface area contributed by atoms with E-state index >= 15 is 0 Å². The maximum Gasteiger partial charge on any atom is 0.173 e. The molecule has 0 aliphatic rings. The van der Waals surface area contributed by atoms with Gasteiger partial charge in [0.1, 0.15) is 0 Å². The van der Waals surface area contributed by atoms with Gasteiger partial charge in [-0.3, -0.25) is 4.68 Å². The SMILES string of the molecule is CNCCc1cn2cc(-c3ccc4nn(C)cc4c3)cc(F)c2n1. The average Bonchev–Trinajstić information content (AvgIpc) is 3.14. The molecule has 3 heterocycles. The Bertz CT molecular complexity index is 1030. The first-order valence-electron chi connectivity index (χ1n) is 7.89. The molecular weight excluding hydrogens is 305 g/mol. The molecule has 0 aliphatic carbocycles. The van der Waals surface area contributed by atoms with E-state index in [9.17, 15) is 4.39 Å². The Morgan fingerprint density at radius 2 is 2.00 bits per heavy atom. The van der Waals surface area contributed by atoms with Crippen LogP contribution in [0.5, 0.6) is 0 Å². The predicted molar refractivity (Wildman–Crippen MR) is 92.5 cm³/mol. The van der Waals surface area contributed by atoms with Crippen LogP contribution < -0.4 is 5.32 Å². The minimum absolute atomic E-state index is 0.311. The van der Waals surface area contributed by atoms with E-state index in [-0.39, 0.29) is 5.82 Å². The first-order chi connectivity index (χ1) is 11.6. The molecule has 0 bridgehead atoms. The minimum atomic E-state index is -0.311. The summed E-state index contributed by atoms with van der Waals surface area (Å²) in [6.45, 7) is 0.816. The van der Waals surface area contributed by atoms with Crippen LogP contribution >= 0.6 is 0 Å². The van der Waals surface area contributed by atoms with E-state index in [1.54, 1.807) is 15.1 Å². The van der Waals surface area contributed by atoms with Crippen molar-refractivity contribution in [2.24, 2.45) is 7.05 Å². The van der Waals surface area contributed by atoms with E-state index in [2.05, 4.69) is 15.4 Å². The number of aromatic nitrogens is 4. The normalized spacial score (nSPS) is 11.6. The van der Waals surface area contributed by atoms with Crippen LogP contribution in [0, 0.1) is 5.82 Å². The van der Waals surface area contributed by atoms with Crippen molar-refractivity contribution >= 4 is 16.6 Å². The molecule has 122 valence electrons. The number of fused-ring (bicyclic) bond motifs is 2. The highest BCUT2D eigenvalue weighted by atomic mass is 19.1. The monoisotopic (exact) mass is 323 g/mol. The lowest BCUT2D eigenvalue weighted by molar-refractivity contribution is 0.630. The molecule has 0 saturated carbocycles. The Morgan fingerprint density at radius 1 is 1.12 bits per heavy atom. The third-order valence-corrected chi connectivity index (χ3v) is 4.14. The predicted octanol–water partition coefficient (Wildman–Crippen LogP) is 2.79. The smallest absolute Gasteiger partial charge is 0.173 e. The second-order valence-corrected chi connectivity index (χ2v) is 5.97. The molecule has 0 fully saturated rings. The Morgan fingerprint density at radius 3 is 2.83 bits per heavy atom. The summed E-state index contributed by atoms with van der Waals surface area (Å²) in [4.78, 5) is 4.37. The second kappa shape index (κ2) is 5.72. The summed E-state index contributed by atoms with van der Waals surface area (Å²) in [6, 6.07) is 7.50. The number of imidazole rings is 1. The number of hydrogen-bond acceptors (Lipinski definition) is 3. The zero-order chi connectivity index (χ0) is 16.7. The lowest BCUT2D eigenvalue weighted by Gasteiger charge is -2.04. The molecule has 0 atom stereocenters. The highest BCUT2D eigenvalue weighted by molar-refractivity contribution is 5.84. The van der Waals surface area contributed by atoms with Gasteiger partial charge in [0.15, 0.2) is 11.5 Å². The molecule has 0 saturated heterocycles. The number of nitrogens with zero attached hydrogens (tertiary/aromatic N) is 4. The van der Waals surface area contributed by atoms with E-state index < -0.39 is 0 Å². The molecule has 4 aromatic rings. The van der Waals surface area contributed by atoms with Crippen LogP contribution in [0.4, 0.5) is 4.39 Å². The summed E-state index contributed by atoms with van der Waals surface area (Å²) in [7, 11) is 3.78. The summed E-state index contributed by atoms with van der Waals surface area (Å²) < 4.78 is 18.0. The number of aryl methyl sites for hydroxylation is 1. The molecule has 3 aromatic heterocycles. The Hall–Kier alpha value is -2.73. The summed E-state index contributed by atoms with van der Waals surface area (Å²) in [6.07, 6.45) is 6.54. The van der Waals surface area contributed by atoms with E-state index in [0.717, 1.165) is 40.7 Å². The van der Waals surface area contributed by atoms with E-state index in [0.29, 0.717) is 5.65 Å². The highest BCUT2D eigenvalue weighted by Gasteiger charge is 2.10. The van der Waals surface area contributed by atoms with Gasteiger partial charge in [-0.25, -0.2) is 9.37 Å². The lowest BCUT2D eigenvalue weighted by Crippen LogP contribution is -2.10. The summed E-state index contributed by atoms with van der Waals surface area (Å²) in [5.74, 6) is -0.311. The molecule has 0 amide bonds. The molecule has 5 nitrogen and oxygen atoms in total. The highest BCUT2D eigenvalue weighted by Crippen LogP contribution is 2.26. The van der Waals surface area contributed by atoms with Gasteiger partial charge in [-0.2, -0.15) is 5.10 Å². The Labute approximate surface area is 138 Å². The number of rotatable bonds is 4. The maximum absolute atomic E-state index is 14.5. The van der Waals surface area contributed by atoms with Crippen molar-refractivity contribution in [1.82, 2.24) is 24.5 Å². The minimum Gasteiger partial charge on any atom is -0.319 e. The fourth-order valence-corrected chi connectivity index (χ4v) is 2.97. The largest absolute Gasteiger partial charge is 0.319 e. The molecule has 24 heavy (non-hydrogen) atoms. The van der Waals surface area contributed by atoms with Gasteiger partial charge in [-0.15, -0.1) is 0 Å². The van der Waals surface area contributed by atoms with Crippen LogP contribution in [0.3, 0.4) is 0 Å². The summed E-state index contributed by atoms with van der Waals surface area (Å²) in [5.41, 5.74) is 3.96. The first-order valence-corrected chi connectivity index (χ1v) is 7.89. The molecule has 1 N–H and O–H groups in total. The third kappa shape index (κ3) is 2.55. The molecule has 0 unspecified atom stereocenters. The average molecular weight is 323 g/mol. The first kappa shape index (κ1) is 14.8. The van der Waals surface area contributed by atoms with Gasteiger partial charge in [0.2, 0.25) is 0 Å². The topological polar surface area (TPSA) is 47.1 Å². The van der Waals surface area contributed by atoms with Crippen molar-refractivity contribution in [2.75, 3.05) is 13.6 Å². The van der Waals surface area contributed by atoms with Crippen LogP contribution in [0.15, 0.2) is 42.9 Å². The van der Waals surface area contributed by atoms with E-state index in [4.69, 9.17) is 0 Å². The standard InChI is InChI=1S/C18H18FN5/c1-20-6-5-15-11-24-10-13(8-16(19)18(24)21-15)12-3-4-17-14(7-12)9-23(2)22-17/h3-4,7-11,20H,5-6H2,1-2H3. The Kier molecular flexibility index (Phi) is 3.54. The van der Waals surface area contributed by atoms with Crippen molar-refractivity contribution in [3.05, 3.63) is 54.4 Å². The molecule has 0 radical (unpaired) electrons. The fourth-order valence-electron chi connectivity index (χ4n) is 2.97. The van der Waals surface area contributed by atoms with Crippen molar-refractivity contribution in [3.63, 3.8) is 0 Å². The molecule has 1 aromatic carbocycles. The molecular formula is C18H18FN5. The number of likely N-dealkylation sites (N-methyl/N-ethyl adjacent to an activating group) is 1. The van der Waals surface area contributed by atoms with Crippen LogP contribution in [0.2, 0.25) is 0 Å². The van der Waals surface area contributed by atoms with Crippen LogP contribution in [-0.2, 0) is 13.5 Å². The van der Waals surface area contributed by atoms with Gasteiger partial charge in [-0.1, -0.05) is 6.07 Å². The second-order valence-electron chi connectivity index (χ2n) is 5.97. The van der Waals surface area contributed by atoms with Crippen molar-refractivity contribution in [2.45, 2.75) is 6.42 Å². The Balaban J connectivity index is 1.79. The van der Waals surface area contributed by atoms with Crippen LogP contribution in [-0.4, -0.2) is 32.8 Å². The van der Waals surface area contributed by atoms with Crippen molar-refractivity contribution in [3.8, 4) is 11.1 Å². The summed E-state index contributed by atoms with van der Waals surface area (Å²) in [5, 5.41) is 8.49. The number of benzene rings is 1. The van der Waals surface area contributed by atoms with Gasteiger partial charge >= 0.3 is 0 Å². The van der Waals surface area contributed by atoms with Gasteiger partial charge < -0.3 is 9.72 Å². The molecule has 0 spiro atoms. The van der Waals surface area contributed by atoms with Gasteiger partial charge in [0.25, 0.3) is 0 Å². The quantitative estimate of drug-likeness (QED) is 0.628. The lowest BCUT2D eigenvalue weighted by atomic mass is 10.1. The van der Waals surface area contributed by atoms with Gasteiger partial charge in [-0.05, 0) is 30.8 Å². The molecule has 6 heteroatoms. The molecule has 0 aliphatic heterocycles. The van der Waals surface area contributed by atoms with Gasteiger partial charge in [0, 0.05) is 49.6 Å². The zero-order valence-corrected chi connectivity index (χ0v) is 13.6. The number of nitrogens with one attached hydrogen (secondary N) is 1. The number of halogens is 1. The maximum atomic E-state index is 14.5. The van der Waals surface area contributed by atoms with E-state index in [1.807, 2.05) is 50.9 Å². The zero-order valence-electron chi connectivity index (χ0n) is 13.6. The fraction of sp³-hybridized carbons (Fsp3) is 0.222. The van der Waals surface area contributed by atoms with Crippen molar-refractivity contribution in [1.29, 1.82) is 0 Å². The van der Waals surface area contributed by atoms with Crippen molar-refractivity contribution < 1.29 is 4.39 Å². The van der Waals surface area contributed by atoms with Crippen LogP contribution in [0.25, 0.3) is 27.7 Å². The number of pyridine rings is 1. The van der Waals surface area contributed by atoms with Gasteiger partial charge in [0.05, 0.1) is 11.2 Å². The summed E-state index contributed by atoms with van der Waals surface area (Å²) >= 11 is 0. The van der Waals surface area contributed by atoms with Crippen LogP contribution in [0.1, 0.15) is 5.69 Å². The number of hydrogen-bond donors (Lipinski definition) is 1. The molecule has 4 rings (SSSR count). The van der Waals surface area contributed by atoms with E-state index in [1.165, 1.54) is 0 Å².